The van der Waals surface area contributed by atoms with E-state index < -0.39 is 11.5 Å². The standard InChI is InChI=1S/C12H11ClN2O4/c13-7-1-3-8(4-2-7)15-11(17)9(5-6-16)10(14-15)12(18)19/h1-4,14,16H,5-6H2,(H,18,19). The molecule has 0 radical (unpaired) electrons. The Labute approximate surface area is 112 Å². The van der Waals surface area contributed by atoms with Gasteiger partial charge in [0.15, 0.2) is 0 Å². The summed E-state index contributed by atoms with van der Waals surface area (Å²) in [4.78, 5) is 23.2. The Kier molecular flexibility index (Phi) is 3.73. The van der Waals surface area contributed by atoms with Crippen LogP contribution in [0.15, 0.2) is 29.1 Å². The van der Waals surface area contributed by atoms with Crippen LogP contribution in [0.25, 0.3) is 5.69 Å². The molecule has 0 aliphatic carbocycles. The van der Waals surface area contributed by atoms with Crippen molar-refractivity contribution in [3.63, 3.8) is 0 Å². The molecule has 0 amide bonds. The topological polar surface area (TPSA) is 95.3 Å². The lowest BCUT2D eigenvalue weighted by Crippen LogP contribution is -2.18. The van der Waals surface area contributed by atoms with E-state index >= 15 is 0 Å². The predicted octanol–water partition coefficient (Wildman–Crippen LogP) is 1.05. The Hall–Kier alpha value is -2.05. The van der Waals surface area contributed by atoms with Crippen LogP contribution < -0.4 is 5.56 Å². The maximum absolute atomic E-state index is 12.1. The summed E-state index contributed by atoms with van der Waals surface area (Å²) in [6.07, 6.45) is -0.0163. The zero-order valence-electron chi connectivity index (χ0n) is 9.76. The zero-order chi connectivity index (χ0) is 14.0. The van der Waals surface area contributed by atoms with Crippen LogP contribution in [0.1, 0.15) is 16.1 Å². The second-order valence-electron chi connectivity index (χ2n) is 3.86. The van der Waals surface area contributed by atoms with Crippen LogP contribution in [0, 0.1) is 0 Å². The summed E-state index contributed by atoms with van der Waals surface area (Å²) >= 11 is 5.75. The summed E-state index contributed by atoms with van der Waals surface area (Å²) in [6, 6.07) is 6.37. The number of carboxylic acid groups (broad SMARTS) is 1. The van der Waals surface area contributed by atoms with E-state index in [0.717, 1.165) is 4.68 Å². The highest BCUT2D eigenvalue weighted by molar-refractivity contribution is 6.30. The molecule has 7 heteroatoms. The zero-order valence-corrected chi connectivity index (χ0v) is 10.5. The number of nitrogens with one attached hydrogen (secondary N) is 1. The lowest BCUT2D eigenvalue weighted by atomic mass is 10.2. The van der Waals surface area contributed by atoms with Crippen LogP contribution in [0.2, 0.25) is 5.02 Å². The minimum absolute atomic E-state index is 0.0163. The Balaban J connectivity index is 2.59. The molecule has 19 heavy (non-hydrogen) atoms. The van der Waals surface area contributed by atoms with E-state index in [1.807, 2.05) is 0 Å². The highest BCUT2D eigenvalue weighted by Crippen LogP contribution is 2.13. The van der Waals surface area contributed by atoms with Crippen molar-refractivity contribution in [2.75, 3.05) is 6.61 Å². The lowest BCUT2D eigenvalue weighted by Gasteiger charge is -2.00. The van der Waals surface area contributed by atoms with Gasteiger partial charge in [-0.15, -0.1) is 0 Å². The third-order valence-electron chi connectivity index (χ3n) is 2.65. The molecule has 0 bridgehead atoms. The molecule has 3 N–H and O–H groups in total. The first kappa shape index (κ1) is 13.4. The fourth-order valence-electron chi connectivity index (χ4n) is 1.76. The number of nitrogens with zero attached hydrogens (tertiary/aromatic N) is 1. The molecule has 6 nitrogen and oxygen atoms in total. The number of aromatic nitrogens is 2. The SMILES string of the molecule is O=C(O)c1[nH]n(-c2ccc(Cl)cc2)c(=O)c1CCO. The molecule has 1 aromatic heterocycles. The summed E-state index contributed by atoms with van der Waals surface area (Å²) in [5.41, 5.74) is -0.186. The Morgan fingerprint density at radius 1 is 1.32 bits per heavy atom. The smallest absolute Gasteiger partial charge is 0.354 e. The summed E-state index contributed by atoms with van der Waals surface area (Å²) in [6.45, 7) is -0.298. The number of carboxylic acids is 1. The van der Waals surface area contributed by atoms with Gasteiger partial charge < -0.3 is 10.2 Å². The number of H-pyrrole nitrogens is 1. The van der Waals surface area contributed by atoms with Gasteiger partial charge >= 0.3 is 5.97 Å². The quantitative estimate of drug-likeness (QED) is 0.781. The van der Waals surface area contributed by atoms with Crippen molar-refractivity contribution in [3.05, 3.63) is 50.9 Å². The van der Waals surface area contributed by atoms with Gasteiger partial charge in [-0.3, -0.25) is 9.89 Å². The molecule has 0 aliphatic heterocycles. The predicted molar refractivity (Wildman–Crippen MR) is 69.1 cm³/mol. The van der Waals surface area contributed by atoms with Gasteiger partial charge in [0.25, 0.3) is 5.56 Å². The molecule has 100 valence electrons. The second kappa shape index (κ2) is 5.29. The Morgan fingerprint density at radius 2 is 1.95 bits per heavy atom. The Morgan fingerprint density at radius 3 is 2.47 bits per heavy atom. The number of halogens is 1. The number of hydrogen-bond acceptors (Lipinski definition) is 3. The molecule has 0 unspecified atom stereocenters. The first-order chi connectivity index (χ1) is 9.04. The number of rotatable bonds is 4. The summed E-state index contributed by atoms with van der Waals surface area (Å²) in [5.74, 6) is -1.24. The van der Waals surface area contributed by atoms with Gasteiger partial charge in [0.2, 0.25) is 0 Å². The molecule has 2 rings (SSSR count). The van der Waals surface area contributed by atoms with E-state index in [4.69, 9.17) is 21.8 Å². The summed E-state index contributed by atoms with van der Waals surface area (Å²) in [7, 11) is 0. The van der Waals surface area contributed by atoms with Crippen LogP contribution in [0.3, 0.4) is 0 Å². The third kappa shape index (κ3) is 2.54. The maximum atomic E-state index is 12.1. The van der Waals surface area contributed by atoms with Crippen LogP contribution in [0.5, 0.6) is 0 Å². The molecule has 1 heterocycles. The monoisotopic (exact) mass is 282 g/mol. The molecule has 0 saturated carbocycles. The van der Waals surface area contributed by atoms with Crippen molar-refractivity contribution < 1.29 is 15.0 Å². The average Bonchev–Trinajstić information content (AvgIpc) is 2.69. The number of carbonyl (C=O) groups is 1. The van der Waals surface area contributed by atoms with Gasteiger partial charge in [-0.2, -0.15) is 0 Å². The number of aromatic carboxylic acids is 1. The fraction of sp³-hybridized carbons (Fsp3) is 0.167. The van der Waals surface area contributed by atoms with Crippen molar-refractivity contribution in [2.45, 2.75) is 6.42 Å². The van der Waals surface area contributed by atoms with E-state index in [9.17, 15) is 9.59 Å². The number of benzene rings is 1. The minimum Gasteiger partial charge on any atom is -0.477 e. The van der Waals surface area contributed by atoms with E-state index in [-0.39, 0.29) is 24.3 Å². The first-order valence-corrected chi connectivity index (χ1v) is 5.86. The molecule has 0 spiro atoms. The van der Waals surface area contributed by atoms with Crippen molar-refractivity contribution in [1.82, 2.24) is 9.78 Å². The van der Waals surface area contributed by atoms with E-state index in [0.29, 0.717) is 10.7 Å². The number of aliphatic hydroxyl groups excluding tert-OH is 1. The van der Waals surface area contributed by atoms with Gasteiger partial charge in [-0.1, -0.05) is 11.6 Å². The van der Waals surface area contributed by atoms with Gasteiger partial charge in [0.05, 0.1) is 11.3 Å². The maximum Gasteiger partial charge on any atom is 0.354 e. The largest absolute Gasteiger partial charge is 0.477 e. The van der Waals surface area contributed by atoms with Gasteiger partial charge in [-0.25, -0.2) is 9.48 Å². The number of aliphatic hydroxyl groups is 1. The molecular formula is C12H11ClN2O4. The molecule has 1 aromatic carbocycles. The molecule has 0 aliphatic rings. The van der Waals surface area contributed by atoms with Crippen molar-refractivity contribution >= 4 is 17.6 Å². The van der Waals surface area contributed by atoms with Gasteiger partial charge in [-0.05, 0) is 24.3 Å². The average molecular weight is 283 g/mol. The van der Waals surface area contributed by atoms with E-state index in [1.54, 1.807) is 24.3 Å². The third-order valence-corrected chi connectivity index (χ3v) is 2.90. The highest BCUT2D eigenvalue weighted by atomic mass is 35.5. The minimum atomic E-state index is -1.24. The Bertz CT molecular complexity index is 657. The van der Waals surface area contributed by atoms with Crippen molar-refractivity contribution in [1.29, 1.82) is 0 Å². The summed E-state index contributed by atoms with van der Waals surface area (Å²) < 4.78 is 1.12. The molecular weight excluding hydrogens is 272 g/mol. The second-order valence-corrected chi connectivity index (χ2v) is 4.30. The van der Waals surface area contributed by atoms with Gasteiger partial charge in [0, 0.05) is 18.1 Å². The number of hydrogen-bond donors (Lipinski definition) is 3. The molecule has 0 saturated heterocycles. The molecule has 2 aromatic rings. The summed E-state index contributed by atoms with van der Waals surface area (Å²) in [5, 5.41) is 21.0. The molecule has 0 fully saturated rings. The van der Waals surface area contributed by atoms with Crippen LogP contribution in [-0.2, 0) is 6.42 Å². The molecule has 0 atom stereocenters. The fourth-order valence-corrected chi connectivity index (χ4v) is 1.89. The van der Waals surface area contributed by atoms with Crippen molar-refractivity contribution in [3.8, 4) is 5.69 Å². The van der Waals surface area contributed by atoms with Crippen molar-refractivity contribution in [2.24, 2.45) is 0 Å². The van der Waals surface area contributed by atoms with E-state index in [2.05, 4.69) is 5.10 Å². The van der Waals surface area contributed by atoms with Crippen LogP contribution >= 0.6 is 11.6 Å². The van der Waals surface area contributed by atoms with E-state index in [1.165, 1.54) is 0 Å². The normalized spacial score (nSPS) is 10.6. The van der Waals surface area contributed by atoms with Gasteiger partial charge in [0.1, 0.15) is 5.69 Å². The lowest BCUT2D eigenvalue weighted by molar-refractivity contribution is 0.0688. The van der Waals surface area contributed by atoms with Crippen LogP contribution in [-0.4, -0.2) is 32.6 Å². The van der Waals surface area contributed by atoms with Crippen LogP contribution in [0.4, 0.5) is 0 Å². The highest BCUT2D eigenvalue weighted by Gasteiger charge is 2.19. The number of aromatic amines is 1. The first-order valence-electron chi connectivity index (χ1n) is 5.48.